The average Bonchev–Trinajstić information content (AvgIpc) is 2.98. The lowest BCUT2D eigenvalue weighted by Crippen LogP contribution is -2.25. The molecule has 5 heteroatoms. The van der Waals surface area contributed by atoms with Crippen molar-refractivity contribution in [2.45, 2.75) is 20.0 Å². The lowest BCUT2D eigenvalue weighted by Gasteiger charge is -2.07. The third-order valence-corrected chi connectivity index (χ3v) is 3.12. The fourth-order valence-corrected chi connectivity index (χ4v) is 1.83. The molecule has 0 saturated heterocycles. The summed E-state index contributed by atoms with van der Waals surface area (Å²) in [5.74, 6) is 0.682. The second-order valence-corrected chi connectivity index (χ2v) is 4.81. The van der Waals surface area contributed by atoms with Crippen LogP contribution in [0.4, 0.5) is 5.69 Å². The summed E-state index contributed by atoms with van der Waals surface area (Å²) in [6.45, 7) is 3.49. The summed E-state index contributed by atoms with van der Waals surface area (Å²) >= 11 is 0. The third-order valence-electron chi connectivity index (χ3n) is 3.12. The number of nitrogens with one attached hydrogen (secondary N) is 1. The molecule has 0 aliphatic carbocycles. The van der Waals surface area contributed by atoms with E-state index in [1.165, 1.54) is 0 Å². The van der Waals surface area contributed by atoms with Gasteiger partial charge in [0.05, 0.1) is 6.26 Å². The first kappa shape index (κ1) is 15.1. The van der Waals surface area contributed by atoms with Gasteiger partial charge in [-0.1, -0.05) is 6.07 Å². The van der Waals surface area contributed by atoms with E-state index in [0.29, 0.717) is 31.0 Å². The lowest BCUT2D eigenvalue weighted by atomic mass is 10.1. The maximum Gasteiger partial charge on any atom is 0.251 e. The maximum atomic E-state index is 11.9. The molecule has 21 heavy (non-hydrogen) atoms. The number of hydrogen-bond acceptors (Lipinski definition) is 4. The second-order valence-electron chi connectivity index (χ2n) is 4.81. The second kappa shape index (κ2) is 7.50. The number of furan rings is 1. The first-order valence-electron chi connectivity index (χ1n) is 6.91. The van der Waals surface area contributed by atoms with Crippen molar-refractivity contribution in [3.05, 3.63) is 53.5 Å². The molecule has 2 aromatic rings. The Labute approximate surface area is 124 Å². The van der Waals surface area contributed by atoms with E-state index in [9.17, 15) is 4.79 Å². The van der Waals surface area contributed by atoms with Gasteiger partial charge in [-0.2, -0.15) is 0 Å². The summed E-state index contributed by atoms with van der Waals surface area (Å²) in [6.07, 6.45) is 2.36. The number of anilines is 1. The standard InChI is InChI=1S/C16H20N2O3/c1-12-5-6-13(10-15(12)17)16(19)18-7-3-8-20-11-14-4-2-9-21-14/h2,4-6,9-10H,3,7-8,11,17H2,1H3,(H,18,19). The molecular formula is C16H20N2O3. The fraction of sp³-hybridized carbons (Fsp3) is 0.312. The van der Waals surface area contributed by atoms with Gasteiger partial charge >= 0.3 is 0 Å². The monoisotopic (exact) mass is 288 g/mol. The highest BCUT2D eigenvalue weighted by molar-refractivity contribution is 5.95. The molecule has 0 aliphatic heterocycles. The summed E-state index contributed by atoms with van der Waals surface area (Å²) in [7, 11) is 0. The average molecular weight is 288 g/mol. The molecule has 2 rings (SSSR count). The van der Waals surface area contributed by atoms with Gasteiger partial charge in [-0.05, 0) is 43.2 Å². The molecular weight excluding hydrogens is 268 g/mol. The van der Waals surface area contributed by atoms with Crippen molar-refractivity contribution in [3.8, 4) is 0 Å². The van der Waals surface area contributed by atoms with Crippen molar-refractivity contribution in [3.63, 3.8) is 0 Å². The van der Waals surface area contributed by atoms with Gasteiger partial charge in [-0.3, -0.25) is 4.79 Å². The zero-order chi connectivity index (χ0) is 15.1. The van der Waals surface area contributed by atoms with Crippen LogP contribution in [0.15, 0.2) is 41.0 Å². The molecule has 0 spiro atoms. The SMILES string of the molecule is Cc1ccc(C(=O)NCCCOCc2ccco2)cc1N. The van der Waals surface area contributed by atoms with Crippen LogP contribution in [0, 0.1) is 6.92 Å². The van der Waals surface area contributed by atoms with E-state index in [1.807, 2.05) is 25.1 Å². The summed E-state index contributed by atoms with van der Waals surface area (Å²) in [5.41, 5.74) is 7.97. The van der Waals surface area contributed by atoms with E-state index in [4.69, 9.17) is 14.9 Å². The Morgan fingerprint density at radius 2 is 2.24 bits per heavy atom. The zero-order valence-corrected chi connectivity index (χ0v) is 12.1. The number of nitrogens with two attached hydrogens (primary N) is 1. The van der Waals surface area contributed by atoms with Crippen LogP contribution in [-0.4, -0.2) is 19.1 Å². The van der Waals surface area contributed by atoms with Crippen LogP contribution in [0.5, 0.6) is 0 Å². The highest BCUT2D eigenvalue weighted by Gasteiger charge is 2.06. The summed E-state index contributed by atoms with van der Waals surface area (Å²) in [5, 5.41) is 2.84. The van der Waals surface area contributed by atoms with E-state index in [2.05, 4.69) is 5.32 Å². The molecule has 0 atom stereocenters. The predicted octanol–water partition coefficient (Wildman–Crippen LogP) is 2.51. The molecule has 1 amide bonds. The van der Waals surface area contributed by atoms with Gasteiger partial charge in [0.2, 0.25) is 0 Å². The Bertz CT molecular complexity index is 579. The molecule has 5 nitrogen and oxygen atoms in total. The summed E-state index contributed by atoms with van der Waals surface area (Å²) in [6, 6.07) is 9.00. The van der Waals surface area contributed by atoms with Crippen molar-refractivity contribution >= 4 is 11.6 Å². The van der Waals surface area contributed by atoms with Gasteiger partial charge in [0, 0.05) is 24.4 Å². The number of amides is 1. The smallest absolute Gasteiger partial charge is 0.251 e. The van der Waals surface area contributed by atoms with Gasteiger partial charge in [-0.25, -0.2) is 0 Å². The number of rotatable bonds is 7. The molecule has 0 aliphatic rings. The van der Waals surface area contributed by atoms with Gasteiger partial charge in [-0.15, -0.1) is 0 Å². The minimum atomic E-state index is -0.118. The predicted molar refractivity (Wildman–Crippen MR) is 80.9 cm³/mol. The molecule has 1 aromatic carbocycles. The quantitative estimate of drug-likeness (QED) is 0.606. The molecule has 0 bridgehead atoms. The van der Waals surface area contributed by atoms with Crippen LogP contribution in [0.25, 0.3) is 0 Å². The number of carbonyl (C=O) groups excluding carboxylic acids is 1. The first-order valence-corrected chi connectivity index (χ1v) is 6.91. The minimum Gasteiger partial charge on any atom is -0.467 e. The van der Waals surface area contributed by atoms with Crippen LogP contribution in [0.3, 0.4) is 0 Å². The highest BCUT2D eigenvalue weighted by Crippen LogP contribution is 2.12. The normalized spacial score (nSPS) is 10.5. The zero-order valence-electron chi connectivity index (χ0n) is 12.1. The van der Waals surface area contributed by atoms with E-state index < -0.39 is 0 Å². The molecule has 1 aromatic heterocycles. The number of aryl methyl sites for hydroxylation is 1. The first-order chi connectivity index (χ1) is 10.2. The molecule has 0 fully saturated rings. The lowest BCUT2D eigenvalue weighted by molar-refractivity contribution is 0.0917. The molecule has 0 radical (unpaired) electrons. The summed E-state index contributed by atoms with van der Waals surface area (Å²) in [4.78, 5) is 11.9. The van der Waals surface area contributed by atoms with Crippen LogP contribution < -0.4 is 11.1 Å². The Kier molecular flexibility index (Phi) is 5.40. The van der Waals surface area contributed by atoms with Gasteiger partial charge in [0.15, 0.2) is 0 Å². The van der Waals surface area contributed by atoms with Gasteiger partial charge < -0.3 is 20.2 Å². The molecule has 0 unspecified atom stereocenters. The fourth-order valence-electron chi connectivity index (χ4n) is 1.83. The van der Waals surface area contributed by atoms with Gasteiger partial charge in [0.1, 0.15) is 12.4 Å². The number of ether oxygens (including phenoxy) is 1. The summed E-state index contributed by atoms with van der Waals surface area (Å²) < 4.78 is 10.6. The van der Waals surface area contributed by atoms with Crippen LogP contribution in [-0.2, 0) is 11.3 Å². The van der Waals surface area contributed by atoms with E-state index in [0.717, 1.165) is 17.7 Å². The Balaban J connectivity index is 1.63. The van der Waals surface area contributed by atoms with Crippen molar-refractivity contribution < 1.29 is 13.9 Å². The van der Waals surface area contributed by atoms with E-state index in [-0.39, 0.29) is 5.91 Å². The number of benzene rings is 1. The number of hydrogen-bond donors (Lipinski definition) is 2. The topological polar surface area (TPSA) is 77.5 Å². The van der Waals surface area contributed by atoms with Crippen LogP contribution in [0.2, 0.25) is 0 Å². The van der Waals surface area contributed by atoms with Crippen molar-refractivity contribution in [1.82, 2.24) is 5.32 Å². The molecule has 1 heterocycles. The largest absolute Gasteiger partial charge is 0.467 e. The Hall–Kier alpha value is -2.27. The van der Waals surface area contributed by atoms with E-state index in [1.54, 1.807) is 18.4 Å². The van der Waals surface area contributed by atoms with Crippen LogP contribution >= 0.6 is 0 Å². The highest BCUT2D eigenvalue weighted by atomic mass is 16.5. The number of nitrogen functional groups attached to an aromatic ring is 1. The molecule has 112 valence electrons. The Morgan fingerprint density at radius 3 is 2.95 bits per heavy atom. The van der Waals surface area contributed by atoms with Gasteiger partial charge in [0.25, 0.3) is 5.91 Å². The minimum absolute atomic E-state index is 0.118. The van der Waals surface area contributed by atoms with Crippen molar-refractivity contribution in [2.24, 2.45) is 0 Å². The van der Waals surface area contributed by atoms with Crippen LogP contribution in [0.1, 0.15) is 28.1 Å². The maximum absolute atomic E-state index is 11.9. The van der Waals surface area contributed by atoms with E-state index >= 15 is 0 Å². The van der Waals surface area contributed by atoms with Crippen molar-refractivity contribution in [1.29, 1.82) is 0 Å². The number of carbonyl (C=O) groups is 1. The molecule has 3 N–H and O–H groups in total. The van der Waals surface area contributed by atoms with Crippen molar-refractivity contribution in [2.75, 3.05) is 18.9 Å². The Morgan fingerprint density at radius 1 is 1.38 bits per heavy atom. The third kappa shape index (κ3) is 4.65. The molecule has 0 saturated carbocycles.